The van der Waals surface area contributed by atoms with Gasteiger partial charge in [-0.05, 0) is 47.0 Å². The summed E-state index contributed by atoms with van der Waals surface area (Å²) in [6, 6.07) is 6.90. The van der Waals surface area contributed by atoms with Crippen LogP contribution in [0.25, 0.3) is 0 Å². The Morgan fingerprint density at radius 3 is 2.42 bits per heavy atom. The maximum Gasteiger partial charge on any atom is 0.0375 e. The van der Waals surface area contributed by atoms with Gasteiger partial charge in [0.15, 0.2) is 0 Å². The van der Waals surface area contributed by atoms with Gasteiger partial charge in [-0.25, -0.2) is 0 Å². The van der Waals surface area contributed by atoms with E-state index in [4.69, 9.17) is 0 Å². The number of nitrogens with one attached hydrogen (secondary N) is 1. The molecule has 108 valence electrons. The molecule has 0 bridgehead atoms. The maximum absolute atomic E-state index is 3.61. The third-order valence-corrected chi connectivity index (χ3v) is 4.33. The molecular formula is C17H29NS. The van der Waals surface area contributed by atoms with Crippen molar-refractivity contribution in [1.29, 1.82) is 0 Å². The average molecular weight is 279 g/mol. The van der Waals surface area contributed by atoms with Crippen LogP contribution in [-0.2, 0) is 0 Å². The largest absolute Gasteiger partial charge is 0.385 e. The molecule has 0 spiro atoms. The lowest BCUT2D eigenvalue weighted by Gasteiger charge is -2.17. The predicted octanol–water partition coefficient (Wildman–Crippen LogP) is 5.49. The van der Waals surface area contributed by atoms with Crippen LogP contribution in [0.2, 0.25) is 0 Å². The van der Waals surface area contributed by atoms with Crippen LogP contribution < -0.4 is 5.32 Å². The summed E-state index contributed by atoms with van der Waals surface area (Å²) in [5.74, 6) is 3.66. The first-order valence-corrected chi connectivity index (χ1v) is 8.67. The second-order valence-corrected chi connectivity index (χ2v) is 7.03. The lowest BCUT2D eigenvalue weighted by molar-refractivity contribution is 0.832. The van der Waals surface area contributed by atoms with Gasteiger partial charge < -0.3 is 5.32 Å². The fourth-order valence-corrected chi connectivity index (χ4v) is 2.76. The summed E-state index contributed by atoms with van der Waals surface area (Å²) in [5.41, 5.74) is 4.21. The van der Waals surface area contributed by atoms with Crippen molar-refractivity contribution >= 4 is 17.4 Å². The van der Waals surface area contributed by atoms with Crippen molar-refractivity contribution in [2.45, 2.75) is 52.9 Å². The second-order valence-electron chi connectivity index (χ2n) is 5.63. The van der Waals surface area contributed by atoms with Crippen LogP contribution in [0, 0.1) is 0 Å². The van der Waals surface area contributed by atoms with Gasteiger partial charge in [0.25, 0.3) is 0 Å². The highest BCUT2D eigenvalue weighted by molar-refractivity contribution is 7.99. The number of hydrogen-bond acceptors (Lipinski definition) is 2. The number of rotatable bonds is 8. The third kappa shape index (κ3) is 5.48. The van der Waals surface area contributed by atoms with Crippen LogP contribution >= 0.6 is 11.8 Å². The molecule has 0 unspecified atom stereocenters. The van der Waals surface area contributed by atoms with E-state index in [1.165, 1.54) is 34.7 Å². The van der Waals surface area contributed by atoms with Crippen molar-refractivity contribution < 1.29 is 0 Å². The second kappa shape index (κ2) is 8.52. The molecule has 0 amide bonds. The fraction of sp³-hybridized carbons (Fsp3) is 0.647. The molecule has 1 nitrogen and oxygen atoms in total. The number of thioether (sulfide) groups is 1. The number of benzene rings is 1. The highest BCUT2D eigenvalue weighted by atomic mass is 32.2. The van der Waals surface area contributed by atoms with Crippen molar-refractivity contribution in [2.75, 3.05) is 23.4 Å². The minimum absolute atomic E-state index is 0.575. The van der Waals surface area contributed by atoms with Gasteiger partial charge >= 0.3 is 0 Å². The summed E-state index contributed by atoms with van der Waals surface area (Å²) >= 11 is 2.02. The fourth-order valence-electron chi connectivity index (χ4n) is 2.12. The quantitative estimate of drug-likeness (QED) is 0.632. The van der Waals surface area contributed by atoms with Crippen LogP contribution in [0.1, 0.15) is 64.0 Å². The summed E-state index contributed by atoms with van der Waals surface area (Å²) in [5, 5.41) is 3.61. The molecule has 0 radical (unpaired) electrons. The van der Waals surface area contributed by atoms with E-state index in [0.29, 0.717) is 11.8 Å². The van der Waals surface area contributed by atoms with E-state index in [1.807, 2.05) is 11.8 Å². The SMILES string of the molecule is CCSCCCNc1ccc(C(C)C)cc1C(C)C. The molecule has 0 heterocycles. The van der Waals surface area contributed by atoms with E-state index in [-0.39, 0.29) is 0 Å². The Balaban J connectivity index is 2.66. The van der Waals surface area contributed by atoms with E-state index in [1.54, 1.807) is 0 Å². The van der Waals surface area contributed by atoms with Gasteiger partial charge in [0, 0.05) is 12.2 Å². The van der Waals surface area contributed by atoms with E-state index in [9.17, 15) is 0 Å². The highest BCUT2D eigenvalue weighted by Crippen LogP contribution is 2.28. The summed E-state index contributed by atoms with van der Waals surface area (Å²) < 4.78 is 0. The smallest absolute Gasteiger partial charge is 0.0375 e. The molecule has 0 aliphatic heterocycles. The Morgan fingerprint density at radius 2 is 1.84 bits per heavy atom. The first-order valence-electron chi connectivity index (χ1n) is 7.51. The highest BCUT2D eigenvalue weighted by Gasteiger charge is 2.09. The van der Waals surface area contributed by atoms with Gasteiger partial charge in [-0.3, -0.25) is 0 Å². The summed E-state index contributed by atoms with van der Waals surface area (Å²) in [7, 11) is 0. The summed E-state index contributed by atoms with van der Waals surface area (Å²) in [6.07, 6.45) is 1.24. The summed E-state index contributed by atoms with van der Waals surface area (Å²) in [4.78, 5) is 0. The van der Waals surface area contributed by atoms with Gasteiger partial charge in [-0.15, -0.1) is 0 Å². The molecule has 0 aliphatic carbocycles. The lowest BCUT2D eigenvalue weighted by atomic mass is 9.94. The van der Waals surface area contributed by atoms with Crippen LogP contribution in [0.3, 0.4) is 0 Å². The zero-order valence-corrected chi connectivity index (χ0v) is 13.9. The van der Waals surface area contributed by atoms with E-state index >= 15 is 0 Å². The average Bonchev–Trinajstić information content (AvgIpc) is 2.38. The summed E-state index contributed by atoms with van der Waals surface area (Å²) in [6.45, 7) is 12.4. The van der Waals surface area contributed by atoms with Gasteiger partial charge in [0.2, 0.25) is 0 Å². The third-order valence-electron chi connectivity index (χ3n) is 3.35. The molecule has 1 rings (SSSR count). The van der Waals surface area contributed by atoms with Crippen LogP contribution in [-0.4, -0.2) is 18.1 Å². The van der Waals surface area contributed by atoms with Crippen molar-refractivity contribution in [1.82, 2.24) is 0 Å². The Bertz CT molecular complexity index is 372. The Labute approximate surface area is 123 Å². The van der Waals surface area contributed by atoms with E-state index < -0.39 is 0 Å². The van der Waals surface area contributed by atoms with Crippen LogP contribution in [0.5, 0.6) is 0 Å². The van der Waals surface area contributed by atoms with Gasteiger partial charge in [-0.2, -0.15) is 11.8 Å². The van der Waals surface area contributed by atoms with Crippen molar-refractivity contribution in [3.05, 3.63) is 29.3 Å². The Morgan fingerprint density at radius 1 is 1.11 bits per heavy atom. The van der Waals surface area contributed by atoms with Gasteiger partial charge in [0.1, 0.15) is 0 Å². The van der Waals surface area contributed by atoms with Gasteiger partial charge in [-0.1, -0.05) is 46.8 Å². The molecule has 0 aromatic heterocycles. The molecule has 0 saturated heterocycles. The first-order chi connectivity index (χ1) is 9.06. The van der Waals surface area contributed by atoms with Crippen LogP contribution in [0.15, 0.2) is 18.2 Å². The molecule has 19 heavy (non-hydrogen) atoms. The van der Waals surface area contributed by atoms with Crippen molar-refractivity contribution in [3.8, 4) is 0 Å². The molecule has 1 N–H and O–H groups in total. The molecule has 0 fully saturated rings. The molecule has 0 aliphatic rings. The van der Waals surface area contributed by atoms with E-state index in [0.717, 1.165) is 6.54 Å². The molecular weight excluding hydrogens is 250 g/mol. The number of anilines is 1. The Kier molecular flexibility index (Phi) is 7.37. The first kappa shape index (κ1) is 16.4. The minimum atomic E-state index is 0.575. The van der Waals surface area contributed by atoms with Crippen molar-refractivity contribution in [2.24, 2.45) is 0 Å². The zero-order chi connectivity index (χ0) is 14.3. The normalized spacial score (nSPS) is 11.3. The monoisotopic (exact) mass is 279 g/mol. The van der Waals surface area contributed by atoms with E-state index in [2.05, 4.69) is 58.1 Å². The maximum atomic E-state index is 3.61. The van der Waals surface area contributed by atoms with Crippen LogP contribution in [0.4, 0.5) is 5.69 Å². The Hall–Kier alpha value is -0.630. The lowest BCUT2D eigenvalue weighted by Crippen LogP contribution is -2.07. The minimum Gasteiger partial charge on any atom is -0.385 e. The number of hydrogen-bond donors (Lipinski definition) is 1. The molecule has 1 aromatic rings. The predicted molar refractivity (Wildman–Crippen MR) is 90.7 cm³/mol. The molecule has 0 saturated carbocycles. The van der Waals surface area contributed by atoms with Crippen molar-refractivity contribution in [3.63, 3.8) is 0 Å². The van der Waals surface area contributed by atoms with Gasteiger partial charge in [0.05, 0.1) is 0 Å². The molecule has 0 atom stereocenters. The molecule has 2 heteroatoms. The standard InChI is InChI=1S/C17H29NS/c1-6-19-11-7-10-18-17-9-8-15(13(2)3)12-16(17)14(4)5/h8-9,12-14,18H,6-7,10-11H2,1-5H3. The molecule has 1 aromatic carbocycles. The topological polar surface area (TPSA) is 12.0 Å². The zero-order valence-electron chi connectivity index (χ0n) is 13.1.